The van der Waals surface area contributed by atoms with Crippen LogP contribution in [0.15, 0.2) is 0 Å². The molecule has 0 atom stereocenters. The van der Waals surface area contributed by atoms with Gasteiger partial charge in [0.1, 0.15) is 5.69 Å². The predicted octanol–water partition coefficient (Wildman–Crippen LogP) is 3.27. The first-order valence-corrected chi connectivity index (χ1v) is 10.3. The van der Waals surface area contributed by atoms with Crippen molar-refractivity contribution < 1.29 is 4.92 Å². The molecule has 5 N–H and O–H groups in total. The second-order valence-corrected chi connectivity index (χ2v) is 8.20. The van der Waals surface area contributed by atoms with E-state index in [0.29, 0.717) is 35.8 Å². The smallest absolute Gasteiger partial charge is 0.332 e. The lowest BCUT2D eigenvalue weighted by Gasteiger charge is -2.27. The highest BCUT2D eigenvalue weighted by Crippen LogP contribution is 2.34. The maximum absolute atomic E-state index is 11.5. The van der Waals surface area contributed by atoms with Gasteiger partial charge in [-0.1, -0.05) is 19.3 Å². The Hall–Kier alpha value is -1.96. The first kappa shape index (κ1) is 19.8. The minimum atomic E-state index is -0.443. The Balaban J connectivity index is 1.70. The number of nitrogens with zero attached hydrogens (tertiary/aromatic N) is 3. The molecule has 1 heterocycles. The van der Waals surface area contributed by atoms with Gasteiger partial charge < -0.3 is 16.8 Å². The van der Waals surface area contributed by atoms with E-state index >= 15 is 0 Å². The molecule has 150 valence electrons. The van der Waals surface area contributed by atoms with Gasteiger partial charge in [-0.2, -0.15) is 4.98 Å². The number of nitrogens with one attached hydrogen (secondary N) is 1. The summed E-state index contributed by atoms with van der Waals surface area (Å²) in [5, 5.41) is 14.8. The fraction of sp³-hybridized carbons (Fsp3) is 0.789. The Kier molecular flexibility index (Phi) is 6.82. The van der Waals surface area contributed by atoms with E-state index in [-0.39, 0.29) is 11.5 Å². The molecule has 8 nitrogen and oxygen atoms in total. The van der Waals surface area contributed by atoms with Crippen LogP contribution < -0.4 is 16.8 Å². The lowest BCUT2D eigenvalue weighted by molar-refractivity contribution is -0.385. The molecular weight excluding hydrogens is 344 g/mol. The number of hydrogen-bond donors (Lipinski definition) is 3. The summed E-state index contributed by atoms with van der Waals surface area (Å²) < 4.78 is 0. The van der Waals surface area contributed by atoms with Gasteiger partial charge in [-0.05, 0) is 69.2 Å². The minimum Gasteiger partial charge on any atom is -0.378 e. The van der Waals surface area contributed by atoms with E-state index in [9.17, 15) is 10.1 Å². The van der Waals surface area contributed by atoms with Crippen molar-refractivity contribution >= 4 is 17.5 Å². The van der Waals surface area contributed by atoms with Crippen molar-refractivity contribution in [1.82, 2.24) is 9.97 Å². The molecule has 1 aromatic rings. The zero-order chi connectivity index (χ0) is 19.2. The number of nitrogens with two attached hydrogens (primary N) is 2. The van der Waals surface area contributed by atoms with Gasteiger partial charge in [-0.3, -0.25) is 10.1 Å². The van der Waals surface area contributed by atoms with E-state index in [1.807, 2.05) is 0 Å². The average molecular weight is 377 g/mol. The van der Waals surface area contributed by atoms with Gasteiger partial charge in [0.2, 0.25) is 11.8 Å². The van der Waals surface area contributed by atoms with E-state index in [2.05, 4.69) is 15.3 Å². The highest BCUT2D eigenvalue weighted by atomic mass is 16.6. The third kappa shape index (κ3) is 5.28. The average Bonchev–Trinajstić information content (AvgIpc) is 2.67. The molecule has 0 unspecified atom stereocenters. The van der Waals surface area contributed by atoms with Gasteiger partial charge in [0.05, 0.1) is 4.92 Å². The first-order valence-electron chi connectivity index (χ1n) is 10.3. The van der Waals surface area contributed by atoms with Gasteiger partial charge in [0.15, 0.2) is 0 Å². The number of aromatic nitrogens is 2. The molecule has 3 rings (SSSR count). The number of rotatable bonds is 7. The second kappa shape index (κ2) is 9.30. The van der Waals surface area contributed by atoms with Gasteiger partial charge in [0, 0.05) is 6.54 Å². The van der Waals surface area contributed by atoms with Crippen molar-refractivity contribution in [2.75, 3.05) is 24.1 Å². The lowest BCUT2D eigenvalue weighted by Crippen LogP contribution is -2.23. The molecule has 2 saturated carbocycles. The summed E-state index contributed by atoms with van der Waals surface area (Å²) in [6, 6.07) is 0. The summed E-state index contributed by atoms with van der Waals surface area (Å²) in [6.07, 6.45) is 11.1. The zero-order valence-corrected chi connectivity index (χ0v) is 16.0. The van der Waals surface area contributed by atoms with E-state index in [4.69, 9.17) is 11.5 Å². The maximum atomic E-state index is 11.5. The SMILES string of the molecule is NCC1CCC(Cc2nc(NCC3CCCCC3)nc(N)c2[N+](=O)[O-])CC1. The molecular formula is C19H32N6O2. The van der Waals surface area contributed by atoms with Crippen LogP contribution in [-0.2, 0) is 6.42 Å². The Bertz CT molecular complexity index is 639. The van der Waals surface area contributed by atoms with Crippen LogP contribution in [0.4, 0.5) is 17.5 Å². The van der Waals surface area contributed by atoms with Crippen molar-refractivity contribution in [3.05, 3.63) is 15.8 Å². The molecule has 0 amide bonds. The number of anilines is 2. The third-order valence-electron chi connectivity index (χ3n) is 6.22. The van der Waals surface area contributed by atoms with E-state index < -0.39 is 4.92 Å². The second-order valence-electron chi connectivity index (χ2n) is 8.20. The summed E-state index contributed by atoms with van der Waals surface area (Å²) in [7, 11) is 0. The van der Waals surface area contributed by atoms with Crippen LogP contribution in [-0.4, -0.2) is 28.0 Å². The predicted molar refractivity (Wildman–Crippen MR) is 106 cm³/mol. The maximum Gasteiger partial charge on any atom is 0.332 e. The quantitative estimate of drug-likeness (QED) is 0.491. The lowest BCUT2D eigenvalue weighted by atomic mass is 9.80. The van der Waals surface area contributed by atoms with E-state index in [0.717, 1.165) is 38.8 Å². The number of hydrogen-bond acceptors (Lipinski definition) is 7. The largest absolute Gasteiger partial charge is 0.378 e. The van der Waals surface area contributed by atoms with E-state index in [1.165, 1.54) is 32.1 Å². The van der Waals surface area contributed by atoms with Crippen LogP contribution in [0.25, 0.3) is 0 Å². The molecule has 27 heavy (non-hydrogen) atoms. The Morgan fingerprint density at radius 1 is 1.00 bits per heavy atom. The summed E-state index contributed by atoms with van der Waals surface area (Å²) in [6.45, 7) is 1.53. The molecule has 8 heteroatoms. The van der Waals surface area contributed by atoms with Gasteiger partial charge >= 0.3 is 5.69 Å². The molecule has 0 aromatic carbocycles. The molecule has 0 bridgehead atoms. The van der Waals surface area contributed by atoms with Crippen LogP contribution in [0.2, 0.25) is 0 Å². The number of nitrogen functional groups attached to an aromatic ring is 1. The molecule has 2 aliphatic carbocycles. The molecule has 0 spiro atoms. The molecule has 0 saturated heterocycles. The van der Waals surface area contributed by atoms with Gasteiger partial charge in [-0.15, -0.1) is 0 Å². The minimum absolute atomic E-state index is 0.0354. The highest BCUT2D eigenvalue weighted by molar-refractivity contribution is 5.58. The van der Waals surface area contributed by atoms with Crippen LogP contribution in [0.3, 0.4) is 0 Å². The van der Waals surface area contributed by atoms with Crippen molar-refractivity contribution in [2.45, 2.75) is 64.2 Å². The van der Waals surface area contributed by atoms with Gasteiger partial charge in [0.25, 0.3) is 0 Å². The first-order chi connectivity index (χ1) is 13.1. The standard InChI is InChI=1S/C19H32N6O2/c20-11-14-8-6-13(7-9-14)10-16-17(25(26)27)18(21)24-19(23-16)22-12-15-4-2-1-3-5-15/h13-15H,1-12,20H2,(H3,21,22,23,24). The summed E-state index contributed by atoms with van der Waals surface area (Å²) in [5.74, 6) is 1.99. The molecule has 2 aliphatic rings. The fourth-order valence-corrected chi connectivity index (χ4v) is 4.51. The molecule has 0 radical (unpaired) electrons. The highest BCUT2D eigenvalue weighted by Gasteiger charge is 2.28. The van der Waals surface area contributed by atoms with Crippen molar-refractivity contribution in [3.63, 3.8) is 0 Å². The summed E-state index contributed by atoms with van der Waals surface area (Å²) >= 11 is 0. The Morgan fingerprint density at radius 2 is 1.67 bits per heavy atom. The van der Waals surface area contributed by atoms with Crippen molar-refractivity contribution in [3.8, 4) is 0 Å². The zero-order valence-electron chi connectivity index (χ0n) is 16.0. The van der Waals surface area contributed by atoms with Crippen molar-refractivity contribution in [2.24, 2.45) is 23.5 Å². The van der Waals surface area contributed by atoms with Crippen LogP contribution in [0.1, 0.15) is 63.5 Å². The Morgan fingerprint density at radius 3 is 2.30 bits per heavy atom. The number of nitro groups is 1. The van der Waals surface area contributed by atoms with Crippen LogP contribution >= 0.6 is 0 Å². The fourth-order valence-electron chi connectivity index (χ4n) is 4.51. The van der Waals surface area contributed by atoms with Crippen LogP contribution in [0.5, 0.6) is 0 Å². The van der Waals surface area contributed by atoms with Crippen molar-refractivity contribution in [1.29, 1.82) is 0 Å². The Labute approximate surface area is 160 Å². The topological polar surface area (TPSA) is 133 Å². The normalized spacial score (nSPS) is 23.9. The van der Waals surface area contributed by atoms with Gasteiger partial charge in [-0.25, -0.2) is 4.98 Å². The summed E-state index contributed by atoms with van der Waals surface area (Å²) in [5.41, 5.74) is 12.0. The molecule has 0 aliphatic heterocycles. The summed E-state index contributed by atoms with van der Waals surface area (Å²) in [4.78, 5) is 19.7. The molecule has 1 aromatic heterocycles. The third-order valence-corrected chi connectivity index (χ3v) is 6.22. The van der Waals surface area contributed by atoms with Crippen LogP contribution in [0, 0.1) is 27.9 Å². The monoisotopic (exact) mass is 376 g/mol. The molecule has 2 fully saturated rings. The van der Waals surface area contributed by atoms with E-state index in [1.54, 1.807) is 0 Å².